The molecule has 1 aromatic heterocycles. The maximum atomic E-state index is 12.9. The molecule has 2 rings (SSSR count). The quantitative estimate of drug-likeness (QED) is 0.0792. The molecule has 0 fully saturated rings. The van der Waals surface area contributed by atoms with Gasteiger partial charge in [-0.05, 0) is 38.0 Å². The Labute approximate surface area is 222 Å². The van der Waals surface area contributed by atoms with Crippen LogP contribution in [0.5, 0.6) is 5.75 Å². The van der Waals surface area contributed by atoms with Crippen molar-refractivity contribution in [1.29, 1.82) is 0 Å². The van der Waals surface area contributed by atoms with Crippen LogP contribution < -0.4 is 15.4 Å². The molecule has 1 heterocycles. The average Bonchev–Trinajstić information content (AvgIpc) is 3.39. The Morgan fingerprint density at radius 1 is 1.11 bits per heavy atom. The summed E-state index contributed by atoms with van der Waals surface area (Å²) in [5, 5.41) is 24.8. The summed E-state index contributed by atoms with van der Waals surface area (Å²) in [5.74, 6) is -1.69. The Hall–Kier alpha value is -3.86. The molecule has 11 heteroatoms. The molecule has 1 aromatic carbocycles. The number of carboxylic acids is 1. The van der Waals surface area contributed by atoms with Crippen molar-refractivity contribution in [1.82, 2.24) is 15.7 Å². The van der Waals surface area contributed by atoms with Gasteiger partial charge in [0.1, 0.15) is 11.5 Å². The number of carboxylic acid groups (broad SMARTS) is 1. The normalized spacial score (nSPS) is 12.3. The van der Waals surface area contributed by atoms with Gasteiger partial charge in [0, 0.05) is 11.1 Å². The zero-order valence-electron chi connectivity index (χ0n) is 22.1. The SMILES string of the molecule is CCCCCC(C(=O)NCNC(=O)c1ccc(-c2ccc(CC(=O)O)c(OCC)c2)o1)[C@@H](CC)N(O)C=O. The van der Waals surface area contributed by atoms with Gasteiger partial charge in [-0.15, -0.1) is 0 Å². The molecule has 0 bridgehead atoms. The summed E-state index contributed by atoms with van der Waals surface area (Å²) >= 11 is 0. The second-order valence-electron chi connectivity index (χ2n) is 8.78. The second kappa shape index (κ2) is 15.4. The van der Waals surface area contributed by atoms with Crippen LogP contribution in [0.3, 0.4) is 0 Å². The number of hydrogen-bond acceptors (Lipinski definition) is 7. The van der Waals surface area contributed by atoms with E-state index < -0.39 is 23.8 Å². The zero-order valence-corrected chi connectivity index (χ0v) is 22.1. The van der Waals surface area contributed by atoms with Crippen LogP contribution in [0.25, 0.3) is 11.3 Å². The van der Waals surface area contributed by atoms with Crippen molar-refractivity contribution in [3.8, 4) is 17.1 Å². The van der Waals surface area contributed by atoms with E-state index in [-0.39, 0.29) is 24.8 Å². The number of aliphatic carboxylic acids is 1. The van der Waals surface area contributed by atoms with Crippen LogP contribution in [0.1, 0.15) is 69.0 Å². The minimum atomic E-state index is -0.974. The van der Waals surface area contributed by atoms with E-state index in [2.05, 4.69) is 10.6 Å². The van der Waals surface area contributed by atoms with Crippen molar-refractivity contribution in [3.63, 3.8) is 0 Å². The maximum absolute atomic E-state index is 12.9. The number of hydroxylamine groups is 2. The monoisotopic (exact) mass is 531 g/mol. The molecule has 1 unspecified atom stereocenters. The molecular formula is C27H37N3O8. The van der Waals surface area contributed by atoms with E-state index >= 15 is 0 Å². The summed E-state index contributed by atoms with van der Waals surface area (Å²) in [5.41, 5.74) is 1.14. The molecule has 208 valence electrons. The number of nitrogens with zero attached hydrogens (tertiary/aromatic N) is 1. The summed E-state index contributed by atoms with van der Waals surface area (Å²) in [4.78, 5) is 47.6. The lowest BCUT2D eigenvalue weighted by Gasteiger charge is -2.29. The molecule has 11 nitrogen and oxygen atoms in total. The van der Waals surface area contributed by atoms with E-state index in [4.69, 9.17) is 14.3 Å². The van der Waals surface area contributed by atoms with Gasteiger partial charge in [-0.2, -0.15) is 0 Å². The molecule has 0 aliphatic rings. The van der Waals surface area contributed by atoms with Crippen molar-refractivity contribution >= 4 is 24.2 Å². The molecule has 0 saturated carbocycles. The predicted octanol–water partition coefficient (Wildman–Crippen LogP) is 3.60. The summed E-state index contributed by atoms with van der Waals surface area (Å²) in [6, 6.07) is 7.43. The van der Waals surface area contributed by atoms with Crippen LogP contribution in [0.2, 0.25) is 0 Å². The van der Waals surface area contributed by atoms with Gasteiger partial charge in [-0.25, -0.2) is 5.06 Å². The first-order valence-corrected chi connectivity index (χ1v) is 12.8. The fourth-order valence-electron chi connectivity index (χ4n) is 4.20. The van der Waals surface area contributed by atoms with E-state index in [1.807, 2.05) is 6.92 Å². The Kier molecular flexibility index (Phi) is 12.3. The minimum Gasteiger partial charge on any atom is -0.494 e. The maximum Gasteiger partial charge on any atom is 0.307 e. The van der Waals surface area contributed by atoms with Gasteiger partial charge in [0.15, 0.2) is 5.76 Å². The van der Waals surface area contributed by atoms with Crippen molar-refractivity contribution in [2.24, 2.45) is 5.92 Å². The third kappa shape index (κ3) is 8.62. The summed E-state index contributed by atoms with van der Waals surface area (Å²) in [7, 11) is 0. The highest BCUT2D eigenvalue weighted by atomic mass is 16.5. The summed E-state index contributed by atoms with van der Waals surface area (Å²) in [6.45, 7) is 5.81. The highest BCUT2D eigenvalue weighted by Gasteiger charge is 2.30. The van der Waals surface area contributed by atoms with Crippen LogP contribution >= 0.6 is 0 Å². The van der Waals surface area contributed by atoms with Gasteiger partial charge in [0.25, 0.3) is 5.91 Å². The molecule has 38 heavy (non-hydrogen) atoms. The third-order valence-corrected chi connectivity index (χ3v) is 6.12. The zero-order chi connectivity index (χ0) is 28.1. The van der Waals surface area contributed by atoms with Crippen LogP contribution in [0.15, 0.2) is 34.7 Å². The van der Waals surface area contributed by atoms with Crippen LogP contribution in [-0.4, -0.2) is 58.9 Å². The number of hydrogen-bond donors (Lipinski definition) is 4. The highest BCUT2D eigenvalue weighted by Crippen LogP contribution is 2.29. The molecule has 2 atom stereocenters. The van der Waals surface area contributed by atoms with Gasteiger partial charge in [-0.1, -0.05) is 45.2 Å². The molecule has 0 aliphatic carbocycles. The van der Waals surface area contributed by atoms with Crippen molar-refractivity contribution in [2.75, 3.05) is 13.3 Å². The Morgan fingerprint density at radius 2 is 1.87 bits per heavy atom. The van der Waals surface area contributed by atoms with Crippen molar-refractivity contribution in [3.05, 3.63) is 41.7 Å². The number of carbonyl (C=O) groups is 4. The molecular weight excluding hydrogens is 494 g/mol. The number of nitrogens with one attached hydrogen (secondary N) is 2. The fourth-order valence-corrected chi connectivity index (χ4v) is 4.20. The summed E-state index contributed by atoms with van der Waals surface area (Å²) < 4.78 is 11.2. The van der Waals surface area contributed by atoms with Gasteiger partial charge in [0.05, 0.1) is 31.7 Å². The van der Waals surface area contributed by atoms with Gasteiger partial charge < -0.3 is 24.9 Å². The number of amides is 3. The first kappa shape index (κ1) is 30.4. The van der Waals surface area contributed by atoms with E-state index in [0.717, 1.165) is 19.3 Å². The van der Waals surface area contributed by atoms with E-state index in [1.165, 1.54) is 6.07 Å². The molecule has 2 aromatic rings. The first-order valence-electron chi connectivity index (χ1n) is 12.8. The standard InChI is InChI=1S/C27H37N3O8/c1-4-7-8-9-20(21(5-2)30(36)17-31)26(34)28-16-29-27(35)23-13-12-22(38-23)18-10-11-19(15-25(32)33)24(14-18)37-6-3/h10-14,17,20-21,36H,4-9,15-16H2,1-3H3,(H,28,34)(H,29,35)(H,32,33)/t20?,21-/m1/s1. The van der Waals surface area contributed by atoms with Crippen molar-refractivity contribution in [2.45, 2.75) is 65.3 Å². The van der Waals surface area contributed by atoms with Gasteiger partial charge in [0.2, 0.25) is 12.3 Å². The largest absolute Gasteiger partial charge is 0.494 e. The number of carbonyl (C=O) groups excluding carboxylic acids is 3. The molecule has 0 saturated heterocycles. The number of rotatable bonds is 17. The number of furan rings is 1. The lowest BCUT2D eigenvalue weighted by atomic mass is 9.90. The number of ether oxygens (including phenoxy) is 1. The van der Waals surface area contributed by atoms with Crippen LogP contribution in [-0.2, 0) is 20.8 Å². The third-order valence-electron chi connectivity index (χ3n) is 6.12. The van der Waals surface area contributed by atoms with E-state index in [0.29, 0.717) is 53.6 Å². The topological polar surface area (TPSA) is 158 Å². The molecule has 0 spiro atoms. The first-order chi connectivity index (χ1) is 18.2. The molecule has 3 amide bonds. The number of unbranched alkanes of at least 4 members (excludes halogenated alkanes) is 2. The van der Waals surface area contributed by atoms with Gasteiger partial charge in [-0.3, -0.25) is 24.4 Å². The second-order valence-corrected chi connectivity index (χ2v) is 8.78. The fraction of sp³-hybridized carbons (Fsp3) is 0.481. The Morgan fingerprint density at radius 3 is 2.50 bits per heavy atom. The van der Waals surface area contributed by atoms with Crippen LogP contribution in [0.4, 0.5) is 0 Å². The summed E-state index contributed by atoms with van der Waals surface area (Å²) in [6.07, 6.45) is 3.64. The number of benzene rings is 1. The van der Waals surface area contributed by atoms with Crippen LogP contribution in [0, 0.1) is 5.92 Å². The average molecular weight is 532 g/mol. The minimum absolute atomic E-state index is 0.0234. The van der Waals surface area contributed by atoms with Gasteiger partial charge >= 0.3 is 5.97 Å². The Balaban J connectivity index is 2.03. The smallest absolute Gasteiger partial charge is 0.307 e. The van der Waals surface area contributed by atoms with E-state index in [1.54, 1.807) is 38.1 Å². The van der Waals surface area contributed by atoms with Crippen molar-refractivity contribution < 1.29 is 38.6 Å². The molecule has 4 N–H and O–H groups in total. The Bertz CT molecular complexity index is 1080. The lowest BCUT2D eigenvalue weighted by Crippen LogP contribution is -2.47. The molecule has 0 aliphatic heterocycles. The van der Waals surface area contributed by atoms with E-state index in [9.17, 15) is 24.4 Å². The lowest BCUT2D eigenvalue weighted by molar-refractivity contribution is -0.168. The predicted molar refractivity (Wildman–Crippen MR) is 139 cm³/mol. The highest BCUT2D eigenvalue weighted by molar-refractivity contribution is 5.92. The molecule has 0 radical (unpaired) electrons.